The van der Waals surface area contributed by atoms with Crippen molar-refractivity contribution in [1.29, 1.82) is 0 Å². The molecule has 0 aliphatic carbocycles. The SMILES string of the molecule is [Cu].[Fe].[Mn].[Ni].[Sn]. The van der Waals surface area contributed by atoms with Gasteiger partial charge in [0.05, 0.1) is 0 Å². The van der Waals surface area contributed by atoms with Crippen molar-refractivity contribution in [2.24, 2.45) is 0 Å². The van der Waals surface area contributed by atoms with Gasteiger partial charge in [-0.1, -0.05) is 0 Å². The smallest absolute Gasteiger partial charge is 0 e. The molecule has 0 spiro atoms. The molecule has 0 nitrogen and oxygen atoms in total. The molecule has 6 radical (unpaired) electrons. The first-order valence-electron chi connectivity index (χ1n) is 0. The first-order valence-corrected chi connectivity index (χ1v) is 0. The van der Waals surface area contributed by atoms with Gasteiger partial charge in [-0.2, -0.15) is 0 Å². The Labute approximate surface area is 90.3 Å². The molecule has 0 aliphatic heterocycles. The van der Waals surface area contributed by atoms with E-state index < -0.39 is 0 Å². The van der Waals surface area contributed by atoms with Gasteiger partial charge in [0, 0.05) is 91.6 Å². The van der Waals surface area contributed by atoms with Gasteiger partial charge in [-0.05, 0) is 0 Å². The molecule has 0 aromatic heterocycles. The molecule has 0 unspecified atom stereocenters. The average molecular weight is 352 g/mol. The van der Waals surface area contributed by atoms with Crippen LogP contribution in [0.4, 0.5) is 0 Å². The van der Waals surface area contributed by atoms with Crippen LogP contribution < -0.4 is 0 Å². The minimum Gasteiger partial charge on any atom is 0 e. The van der Waals surface area contributed by atoms with Crippen LogP contribution in [-0.4, -0.2) is 23.9 Å². The first kappa shape index (κ1) is 45.3. The van der Waals surface area contributed by atoms with E-state index in [-0.39, 0.29) is 91.6 Å². The summed E-state index contributed by atoms with van der Waals surface area (Å²) in [6.45, 7) is 0. The molecule has 0 aromatic rings. The fourth-order valence-electron chi connectivity index (χ4n) is 0. The Kier molecular flexibility index (Phi) is 262. The van der Waals surface area contributed by atoms with Crippen molar-refractivity contribution < 1.29 is 67.7 Å². The quantitative estimate of drug-likeness (QED) is 0.522. The predicted molar refractivity (Wildman–Crippen MR) is 5.75 cm³/mol. The fraction of sp³-hybridized carbons (Fsp3) is 0. The maximum absolute atomic E-state index is 0. The van der Waals surface area contributed by atoms with Crippen molar-refractivity contribution in [1.82, 2.24) is 0 Å². The van der Waals surface area contributed by atoms with Gasteiger partial charge in [0.1, 0.15) is 0 Å². The molecule has 0 saturated carbocycles. The third-order valence-corrected chi connectivity index (χ3v) is 0. The Bertz CT molecular complexity index is 11.6. The molecule has 0 saturated heterocycles. The number of rotatable bonds is 0. The van der Waals surface area contributed by atoms with Gasteiger partial charge in [-0.3, -0.25) is 0 Å². The van der Waals surface area contributed by atoms with E-state index >= 15 is 0 Å². The van der Waals surface area contributed by atoms with Crippen molar-refractivity contribution in [2.45, 2.75) is 0 Å². The summed E-state index contributed by atoms with van der Waals surface area (Å²) in [6.07, 6.45) is 0. The van der Waals surface area contributed by atoms with Gasteiger partial charge in [-0.15, -0.1) is 0 Å². The zero-order chi connectivity index (χ0) is 0. The fourth-order valence-corrected chi connectivity index (χ4v) is 0. The van der Waals surface area contributed by atoms with E-state index in [0.29, 0.717) is 0 Å². The monoisotopic (exact) mass is 352 g/mol. The maximum Gasteiger partial charge on any atom is 0 e. The second kappa shape index (κ2) is 28.9. The maximum atomic E-state index is 0. The van der Waals surface area contributed by atoms with Gasteiger partial charge >= 0.3 is 0 Å². The molecule has 40 valence electrons. The average Bonchev–Trinajstić information content (AvgIpc) is 0. The van der Waals surface area contributed by atoms with Crippen molar-refractivity contribution in [2.75, 3.05) is 0 Å². The summed E-state index contributed by atoms with van der Waals surface area (Å²) in [4.78, 5) is 0. The van der Waals surface area contributed by atoms with Gasteiger partial charge in [-0.25, -0.2) is 0 Å². The number of hydrogen-bond donors (Lipinski definition) is 0. The summed E-state index contributed by atoms with van der Waals surface area (Å²) < 4.78 is 0. The summed E-state index contributed by atoms with van der Waals surface area (Å²) >= 11 is 0. The van der Waals surface area contributed by atoms with Crippen molar-refractivity contribution in [3.05, 3.63) is 0 Å². The van der Waals surface area contributed by atoms with E-state index in [1.54, 1.807) is 0 Å². The van der Waals surface area contributed by atoms with E-state index in [9.17, 15) is 0 Å². The Morgan fingerprint density at radius 3 is 1.00 bits per heavy atom. The van der Waals surface area contributed by atoms with Crippen LogP contribution in [0.25, 0.3) is 0 Å². The largest absolute Gasteiger partial charge is 0 e. The molecule has 0 rings (SSSR count). The molecular weight excluding hydrogens is 352 g/mol. The summed E-state index contributed by atoms with van der Waals surface area (Å²) in [5.41, 5.74) is 0. The number of hydrogen-bond acceptors (Lipinski definition) is 0. The van der Waals surface area contributed by atoms with Crippen LogP contribution in [0.2, 0.25) is 0 Å². The van der Waals surface area contributed by atoms with Gasteiger partial charge in [0.2, 0.25) is 0 Å². The Hall–Kier alpha value is 2.85. The Morgan fingerprint density at radius 2 is 1.00 bits per heavy atom. The normalized spacial score (nSPS) is 0. The standard InChI is InChI=1S/Cu.Fe.Mn.Ni.Sn. The van der Waals surface area contributed by atoms with Crippen LogP contribution in [0.5, 0.6) is 0 Å². The second-order valence-corrected chi connectivity index (χ2v) is 0. The Morgan fingerprint density at radius 1 is 1.00 bits per heavy atom. The van der Waals surface area contributed by atoms with Gasteiger partial charge in [0.15, 0.2) is 0 Å². The minimum atomic E-state index is 0. The van der Waals surface area contributed by atoms with E-state index in [1.165, 1.54) is 0 Å². The van der Waals surface area contributed by atoms with Gasteiger partial charge < -0.3 is 0 Å². The molecule has 0 amide bonds. The molecule has 0 N–H and O–H groups in total. The van der Waals surface area contributed by atoms with Crippen LogP contribution in [0.15, 0.2) is 0 Å². The second-order valence-electron chi connectivity index (χ2n) is 0. The van der Waals surface area contributed by atoms with E-state index in [2.05, 4.69) is 0 Å². The van der Waals surface area contributed by atoms with E-state index in [0.717, 1.165) is 0 Å². The summed E-state index contributed by atoms with van der Waals surface area (Å²) in [5.74, 6) is 0. The molecule has 5 heteroatoms. The molecule has 0 aromatic carbocycles. The zero-order valence-corrected chi connectivity index (χ0v) is 8.92. The summed E-state index contributed by atoms with van der Waals surface area (Å²) in [6, 6.07) is 0. The van der Waals surface area contributed by atoms with Crippen molar-refractivity contribution >= 4 is 23.9 Å². The zero-order valence-electron chi connectivity index (χ0n) is 1.85. The summed E-state index contributed by atoms with van der Waals surface area (Å²) in [7, 11) is 0. The van der Waals surface area contributed by atoms with Crippen LogP contribution >= 0.6 is 0 Å². The topological polar surface area (TPSA) is 0 Å². The summed E-state index contributed by atoms with van der Waals surface area (Å²) in [5, 5.41) is 0. The third-order valence-electron chi connectivity index (χ3n) is 0. The van der Waals surface area contributed by atoms with E-state index in [4.69, 9.17) is 0 Å². The van der Waals surface area contributed by atoms with Crippen LogP contribution in [-0.2, 0) is 67.7 Å². The molecule has 0 bridgehead atoms. The van der Waals surface area contributed by atoms with Crippen LogP contribution in [0.1, 0.15) is 0 Å². The minimum absolute atomic E-state index is 0. The Balaban J connectivity index is 0. The third kappa shape index (κ3) is 19.8. The molecule has 0 heterocycles. The molecule has 0 fully saturated rings. The van der Waals surface area contributed by atoms with Crippen LogP contribution in [0.3, 0.4) is 0 Å². The molecule has 5 heavy (non-hydrogen) atoms. The van der Waals surface area contributed by atoms with Crippen LogP contribution in [0, 0.1) is 0 Å². The predicted octanol–water partition coefficient (Wildman–Crippen LogP) is -0.391. The first-order chi connectivity index (χ1) is 0. The molecule has 0 aliphatic rings. The van der Waals surface area contributed by atoms with Crippen molar-refractivity contribution in [3.63, 3.8) is 0 Å². The van der Waals surface area contributed by atoms with Crippen molar-refractivity contribution in [3.8, 4) is 0 Å². The van der Waals surface area contributed by atoms with E-state index in [1.807, 2.05) is 0 Å². The molecular formula is CuFeMnNiSn. The molecule has 0 atom stereocenters. The van der Waals surface area contributed by atoms with Gasteiger partial charge in [0.25, 0.3) is 0 Å².